The molecule has 0 radical (unpaired) electrons. The van der Waals surface area contributed by atoms with Gasteiger partial charge in [0.15, 0.2) is 0 Å². The van der Waals surface area contributed by atoms with Crippen LogP contribution < -0.4 is 0 Å². The first-order valence-corrected chi connectivity index (χ1v) is 8.02. The van der Waals surface area contributed by atoms with Gasteiger partial charge in [-0.1, -0.05) is 72.8 Å². The molecule has 0 N–H and O–H groups in total. The Labute approximate surface area is 124 Å². The van der Waals surface area contributed by atoms with E-state index in [1.54, 1.807) is 0 Å². The first-order valence-electron chi connectivity index (χ1n) is 6.98. The first-order chi connectivity index (χ1) is 9.84. The van der Waals surface area contributed by atoms with Gasteiger partial charge in [0, 0.05) is 11.0 Å². The van der Waals surface area contributed by atoms with Gasteiger partial charge in [-0.25, -0.2) is 0 Å². The number of thioether (sulfide) groups is 1. The maximum absolute atomic E-state index is 2.28. The lowest BCUT2D eigenvalue weighted by Gasteiger charge is -2.12. The Hall–Kier alpha value is -1.73. The average Bonchev–Trinajstić information content (AvgIpc) is 2.53. The van der Waals surface area contributed by atoms with Gasteiger partial charge < -0.3 is 0 Å². The fourth-order valence-electron chi connectivity index (χ4n) is 2.45. The van der Waals surface area contributed by atoms with Gasteiger partial charge in [0.05, 0.1) is 0 Å². The van der Waals surface area contributed by atoms with Gasteiger partial charge in [0.25, 0.3) is 0 Å². The Balaban J connectivity index is 1.77. The number of fused-ring (bicyclic) bond motifs is 1. The minimum absolute atomic E-state index is 0.523. The zero-order valence-electron chi connectivity index (χ0n) is 11.6. The third kappa shape index (κ3) is 2.88. The molecule has 3 aromatic rings. The summed E-state index contributed by atoms with van der Waals surface area (Å²) in [7, 11) is 0. The van der Waals surface area contributed by atoms with E-state index in [0.717, 1.165) is 5.75 Å². The number of hydrogen-bond acceptors (Lipinski definition) is 1. The fraction of sp³-hybridized carbons (Fsp3) is 0.158. The summed E-state index contributed by atoms with van der Waals surface area (Å²) in [4.78, 5) is 0. The second kappa shape index (κ2) is 6.15. The van der Waals surface area contributed by atoms with Gasteiger partial charge in [0.1, 0.15) is 0 Å². The van der Waals surface area contributed by atoms with Gasteiger partial charge in [-0.05, 0) is 28.8 Å². The number of hydrogen-bond donors (Lipinski definition) is 0. The molecule has 0 saturated carbocycles. The Morgan fingerprint density at radius 2 is 1.50 bits per heavy atom. The van der Waals surface area contributed by atoms with E-state index in [1.165, 1.54) is 21.9 Å². The molecule has 0 aliphatic carbocycles. The van der Waals surface area contributed by atoms with Crippen LogP contribution in [0, 0.1) is 0 Å². The molecular weight excluding hydrogens is 260 g/mol. The SMILES string of the molecule is CC(SCc1cccc2ccccc12)c1ccccc1. The van der Waals surface area contributed by atoms with Crippen molar-refractivity contribution in [2.24, 2.45) is 0 Å². The molecular formula is C19H18S. The molecule has 0 heterocycles. The zero-order chi connectivity index (χ0) is 13.8. The third-order valence-corrected chi connectivity index (χ3v) is 4.89. The lowest BCUT2D eigenvalue weighted by atomic mass is 10.1. The van der Waals surface area contributed by atoms with Crippen molar-refractivity contribution < 1.29 is 0 Å². The van der Waals surface area contributed by atoms with Crippen molar-refractivity contribution in [3.8, 4) is 0 Å². The first kappa shape index (κ1) is 13.3. The summed E-state index contributed by atoms with van der Waals surface area (Å²) in [5, 5.41) is 3.23. The maximum Gasteiger partial charge on any atom is 0.0272 e. The van der Waals surface area contributed by atoms with E-state index < -0.39 is 0 Å². The summed E-state index contributed by atoms with van der Waals surface area (Å²) in [5.74, 6) is 1.05. The molecule has 0 saturated heterocycles. The summed E-state index contributed by atoms with van der Waals surface area (Å²) in [5.41, 5.74) is 2.83. The molecule has 3 aromatic carbocycles. The van der Waals surface area contributed by atoms with Crippen molar-refractivity contribution >= 4 is 22.5 Å². The lowest BCUT2D eigenvalue weighted by molar-refractivity contribution is 1.09. The third-order valence-electron chi connectivity index (χ3n) is 3.64. The van der Waals surface area contributed by atoms with E-state index in [2.05, 4.69) is 79.7 Å². The van der Waals surface area contributed by atoms with Gasteiger partial charge >= 0.3 is 0 Å². The molecule has 0 spiro atoms. The molecule has 20 heavy (non-hydrogen) atoms. The monoisotopic (exact) mass is 278 g/mol. The highest BCUT2D eigenvalue weighted by atomic mass is 32.2. The van der Waals surface area contributed by atoms with Crippen LogP contribution in [0.25, 0.3) is 10.8 Å². The maximum atomic E-state index is 2.28. The van der Waals surface area contributed by atoms with Crippen LogP contribution in [0.4, 0.5) is 0 Å². The van der Waals surface area contributed by atoms with Crippen molar-refractivity contribution in [1.82, 2.24) is 0 Å². The summed E-state index contributed by atoms with van der Waals surface area (Å²) in [6, 6.07) is 25.9. The fourth-order valence-corrected chi connectivity index (χ4v) is 3.48. The van der Waals surface area contributed by atoms with E-state index in [0.29, 0.717) is 5.25 Å². The van der Waals surface area contributed by atoms with Crippen LogP contribution in [0.2, 0.25) is 0 Å². The van der Waals surface area contributed by atoms with Crippen LogP contribution in [0.5, 0.6) is 0 Å². The number of rotatable bonds is 4. The Morgan fingerprint density at radius 3 is 2.35 bits per heavy atom. The molecule has 1 unspecified atom stereocenters. The van der Waals surface area contributed by atoms with Crippen LogP contribution in [0.15, 0.2) is 72.8 Å². The predicted molar refractivity (Wildman–Crippen MR) is 90.1 cm³/mol. The Morgan fingerprint density at radius 1 is 0.800 bits per heavy atom. The smallest absolute Gasteiger partial charge is 0.0272 e. The molecule has 0 amide bonds. The van der Waals surface area contributed by atoms with Crippen LogP contribution in [0.3, 0.4) is 0 Å². The number of benzene rings is 3. The van der Waals surface area contributed by atoms with Crippen LogP contribution >= 0.6 is 11.8 Å². The largest absolute Gasteiger partial charge is 0.149 e. The summed E-state index contributed by atoms with van der Waals surface area (Å²) >= 11 is 2.00. The van der Waals surface area contributed by atoms with Crippen LogP contribution in [-0.2, 0) is 5.75 Å². The van der Waals surface area contributed by atoms with Crippen molar-refractivity contribution in [2.45, 2.75) is 17.9 Å². The van der Waals surface area contributed by atoms with E-state index in [4.69, 9.17) is 0 Å². The lowest BCUT2D eigenvalue weighted by Crippen LogP contribution is -1.90. The molecule has 100 valence electrons. The molecule has 0 aromatic heterocycles. The van der Waals surface area contributed by atoms with E-state index in [9.17, 15) is 0 Å². The van der Waals surface area contributed by atoms with Gasteiger partial charge in [-0.15, -0.1) is 11.8 Å². The Kier molecular flexibility index (Phi) is 4.08. The molecule has 0 aliphatic heterocycles. The molecule has 0 nitrogen and oxygen atoms in total. The van der Waals surface area contributed by atoms with Crippen LogP contribution in [-0.4, -0.2) is 0 Å². The van der Waals surface area contributed by atoms with Gasteiger partial charge in [-0.2, -0.15) is 0 Å². The topological polar surface area (TPSA) is 0 Å². The van der Waals surface area contributed by atoms with Crippen molar-refractivity contribution in [3.05, 3.63) is 83.9 Å². The normalized spacial score (nSPS) is 12.4. The molecule has 0 fully saturated rings. The zero-order valence-corrected chi connectivity index (χ0v) is 12.4. The molecule has 1 heteroatoms. The summed E-state index contributed by atoms with van der Waals surface area (Å²) < 4.78 is 0. The van der Waals surface area contributed by atoms with Crippen molar-refractivity contribution in [3.63, 3.8) is 0 Å². The van der Waals surface area contributed by atoms with E-state index in [1.807, 2.05) is 11.8 Å². The second-order valence-electron chi connectivity index (χ2n) is 5.00. The predicted octanol–water partition coefficient (Wildman–Crippen LogP) is 5.83. The Bertz CT molecular complexity index is 683. The minimum Gasteiger partial charge on any atom is -0.149 e. The average molecular weight is 278 g/mol. The molecule has 0 bridgehead atoms. The summed E-state index contributed by atoms with van der Waals surface area (Å²) in [6.45, 7) is 2.28. The minimum atomic E-state index is 0.523. The molecule has 0 aliphatic rings. The molecule has 1 atom stereocenters. The highest BCUT2D eigenvalue weighted by Crippen LogP contribution is 2.32. The summed E-state index contributed by atoms with van der Waals surface area (Å²) in [6.07, 6.45) is 0. The van der Waals surface area contributed by atoms with E-state index in [-0.39, 0.29) is 0 Å². The molecule has 3 rings (SSSR count). The quantitative estimate of drug-likeness (QED) is 0.578. The van der Waals surface area contributed by atoms with Gasteiger partial charge in [0.2, 0.25) is 0 Å². The second-order valence-corrected chi connectivity index (χ2v) is 6.33. The van der Waals surface area contributed by atoms with Crippen molar-refractivity contribution in [1.29, 1.82) is 0 Å². The van der Waals surface area contributed by atoms with E-state index >= 15 is 0 Å². The standard InChI is InChI=1S/C19H18S/c1-15(16-8-3-2-4-9-16)20-14-18-12-7-11-17-10-5-6-13-19(17)18/h2-13,15H,14H2,1H3. The van der Waals surface area contributed by atoms with Crippen molar-refractivity contribution in [2.75, 3.05) is 0 Å². The highest BCUT2D eigenvalue weighted by Gasteiger charge is 2.07. The van der Waals surface area contributed by atoms with Gasteiger partial charge in [-0.3, -0.25) is 0 Å². The highest BCUT2D eigenvalue weighted by molar-refractivity contribution is 7.98. The van der Waals surface area contributed by atoms with Crippen LogP contribution in [0.1, 0.15) is 23.3 Å².